The molecule has 0 aliphatic heterocycles. The number of amides is 1. The zero-order chi connectivity index (χ0) is 10.7. The summed E-state index contributed by atoms with van der Waals surface area (Å²) in [7, 11) is 0. The van der Waals surface area contributed by atoms with Gasteiger partial charge in [0.2, 0.25) is 5.91 Å². The van der Waals surface area contributed by atoms with E-state index >= 15 is 0 Å². The van der Waals surface area contributed by atoms with Crippen LogP contribution in [0.1, 0.15) is 25.6 Å². The van der Waals surface area contributed by atoms with Crippen molar-refractivity contribution >= 4 is 11.7 Å². The fourth-order valence-corrected chi connectivity index (χ4v) is 1.18. The van der Waals surface area contributed by atoms with Gasteiger partial charge in [0, 0.05) is 12.1 Å². The number of rotatable bonds is 3. The number of aromatic nitrogens is 2. The molecule has 0 radical (unpaired) electrons. The van der Waals surface area contributed by atoms with Crippen LogP contribution in [0.4, 0.5) is 5.82 Å². The summed E-state index contributed by atoms with van der Waals surface area (Å²) in [6.07, 6.45) is 1.24. The van der Waals surface area contributed by atoms with Crippen LogP contribution in [0.25, 0.3) is 0 Å². The fourth-order valence-electron chi connectivity index (χ4n) is 1.18. The van der Waals surface area contributed by atoms with Crippen molar-refractivity contribution in [3.63, 3.8) is 0 Å². The molecule has 1 rings (SSSR count). The molecule has 4 heteroatoms. The Morgan fingerprint density at radius 3 is 2.86 bits per heavy atom. The summed E-state index contributed by atoms with van der Waals surface area (Å²) in [6, 6.07) is 2.06. The predicted octanol–water partition coefficient (Wildman–Crippen LogP) is 1.90. The Labute approximate surface area is 83.6 Å². The molecule has 1 aromatic heterocycles. The van der Waals surface area contributed by atoms with Crippen LogP contribution < -0.4 is 5.32 Å². The molecule has 0 atom stereocenters. The van der Waals surface area contributed by atoms with E-state index in [2.05, 4.69) is 17.0 Å². The Hall–Kier alpha value is -1.58. The number of nitrogens with one attached hydrogen (secondary N) is 1. The molecule has 1 aromatic rings. The van der Waals surface area contributed by atoms with Crippen molar-refractivity contribution < 1.29 is 4.79 Å². The van der Waals surface area contributed by atoms with E-state index in [1.54, 1.807) is 4.68 Å². The number of hydrogen-bond donors (Lipinski definition) is 1. The summed E-state index contributed by atoms with van der Waals surface area (Å²) in [5, 5.41) is 6.97. The van der Waals surface area contributed by atoms with E-state index < -0.39 is 0 Å². The van der Waals surface area contributed by atoms with E-state index in [0.717, 1.165) is 5.69 Å². The van der Waals surface area contributed by atoms with Crippen molar-refractivity contribution in [2.75, 3.05) is 5.32 Å². The maximum atomic E-state index is 11.1. The second-order valence-electron chi connectivity index (χ2n) is 3.40. The lowest BCUT2D eigenvalue weighted by atomic mass is 10.4. The van der Waals surface area contributed by atoms with Gasteiger partial charge in [-0.15, -0.1) is 0 Å². The van der Waals surface area contributed by atoms with E-state index in [1.807, 2.05) is 26.8 Å². The lowest BCUT2D eigenvalue weighted by Crippen LogP contribution is -2.14. The molecule has 14 heavy (non-hydrogen) atoms. The van der Waals surface area contributed by atoms with Crippen LogP contribution in [0.3, 0.4) is 0 Å². The zero-order valence-corrected chi connectivity index (χ0v) is 8.74. The fraction of sp³-hybridized carbons (Fsp3) is 0.400. The molecule has 0 aromatic carbocycles. The van der Waals surface area contributed by atoms with Gasteiger partial charge in [0.25, 0.3) is 0 Å². The Bertz CT molecular complexity index is 352. The van der Waals surface area contributed by atoms with Gasteiger partial charge in [0.1, 0.15) is 5.82 Å². The van der Waals surface area contributed by atoms with E-state index in [-0.39, 0.29) is 11.9 Å². The highest BCUT2D eigenvalue weighted by Crippen LogP contribution is 2.15. The summed E-state index contributed by atoms with van der Waals surface area (Å²) >= 11 is 0. The molecule has 0 unspecified atom stereocenters. The van der Waals surface area contributed by atoms with Crippen LogP contribution in [0.5, 0.6) is 0 Å². The van der Waals surface area contributed by atoms with Crippen LogP contribution in [0, 0.1) is 6.92 Å². The summed E-state index contributed by atoms with van der Waals surface area (Å²) in [5.74, 6) is 0.495. The molecule has 0 aliphatic carbocycles. The summed E-state index contributed by atoms with van der Waals surface area (Å²) < 4.78 is 1.77. The minimum absolute atomic E-state index is 0.216. The van der Waals surface area contributed by atoms with Crippen LogP contribution in [0.15, 0.2) is 18.7 Å². The first-order chi connectivity index (χ1) is 6.54. The minimum atomic E-state index is -0.216. The second kappa shape index (κ2) is 4.09. The first-order valence-corrected chi connectivity index (χ1v) is 4.54. The number of aryl methyl sites for hydroxylation is 1. The number of nitrogens with zero attached hydrogens (tertiary/aromatic N) is 2. The normalized spacial score (nSPS) is 10.3. The molecule has 0 aliphatic rings. The number of carbonyl (C=O) groups excluding carboxylic acids is 1. The molecule has 4 nitrogen and oxygen atoms in total. The predicted molar refractivity (Wildman–Crippen MR) is 56.2 cm³/mol. The topological polar surface area (TPSA) is 46.9 Å². The molecule has 0 saturated carbocycles. The van der Waals surface area contributed by atoms with Crippen LogP contribution in [-0.4, -0.2) is 15.7 Å². The van der Waals surface area contributed by atoms with Gasteiger partial charge in [0.15, 0.2) is 0 Å². The van der Waals surface area contributed by atoms with E-state index in [0.29, 0.717) is 5.82 Å². The summed E-state index contributed by atoms with van der Waals surface area (Å²) in [6.45, 7) is 9.31. The molecule has 76 valence electrons. The van der Waals surface area contributed by atoms with Crippen LogP contribution in [-0.2, 0) is 4.79 Å². The molecule has 0 saturated heterocycles. The van der Waals surface area contributed by atoms with Gasteiger partial charge in [-0.25, -0.2) is 4.68 Å². The number of hydrogen-bond acceptors (Lipinski definition) is 2. The second-order valence-corrected chi connectivity index (χ2v) is 3.40. The largest absolute Gasteiger partial charge is 0.307 e. The summed E-state index contributed by atoms with van der Waals surface area (Å²) in [5.41, 5.74) is 0.887. The molecule has 0 fully saturated rings. The third-order valence-corrected chi connectivity index (χ3v) is 1.78. The first kappa shape index (κ1) is 10.5. The third-order valence-electron chi connectivity index (χ3n) is 1.78. The van der Waals surface area contributed by atoms with Gasteiger partial charge in [-0.3, -0.25) is 4.79 Å². The average molecular weight is 193 g/mol. The quantitative estimate of drug-likeness (QED) is 0.745. The Morgan fingerprint density at radius 1 is 1.71 bits per heavy atom. The van der Waals surface area contributed by atoms with Crippen molar-refractivity contribution in [2.45, 2.75) is 26.8 Å². The van der Waals surface area contributed by atoms with Crippen molar-refractivity contribution in [2.24, 2.45) is 0 Å². The molecule has 0 spiro atoms. The Kier molecular flexibility index (Phi) is 3.06. The van der Waals surface area contributed by atoms with Crippen molar-refractivity contribution in [3.8, 4) is 0 Å². The highest BCUT2D eigenvalue weighted by Gasteiger charge is 2.09. The molecule has 1 heterocycles. The smallest absolute Gasteiger partial charge is 0.248 e. The molecule has 1 amide bonds. The van der Waals surface area contributed by atoms with E-state index in [1.165, 1.54) is 6.08 Å². The van der Waals surface area contributed by atoms with E-state index in [4.69, 9.17) is 0 Å². The molecular weight excluding hydrogens is 178 g/mol. The molecule has 1 N–H and O–H groups in total. The Morgan fingerprint density at radius 2 is 2.36 bits per heavy atom. The van der Waals surface area contributed by atoms with Gasteiger partial charge < -0.3 is 5.32 Å². The maximum Gasteiger partial charge on any atom is 0.248 e. The average Bonchev–Trinajstić information content (AvgIpc) is 2.46. The first-order valence-electron chi connectivity index (χ1n) is 4.54. The van der Waals surface area contributed by atoms with Gasteiger partial charge in [-0.05, 0) is 26.8 Å². The zero-order valence-electron chi connectivity index (χ0n) is 8.74. The SMILES string of the molecule is C=CC(=O)Nc1cc(C)nn1C(C)C. The highest BCUT2D eigenvalue weighted by atomic mass is 16.1. The molecular formula is C10H15N3O. The number of carbonyl (C=O) groups is 1. The lowest BCUT2D eigenvalue weighted by Gasteiger charge is -2.10. The highest BCUT2D eigenvalue weighted by molar-refractivity contribution is 5.98. The number of anilines is 1. The van der Waals surface area contributed by atoms with Gasteiger partial charge in [-0.2, -0.15) is 5.10 Å². The van der Waals surface area contributed by atoms with Crippen LogP contribution in [0.2, 0.25) is 0 Å². The minimum Gasteiger partial charge on any atom is -0.307 e. The van der Waals surface area contributed by atoms with Crippen molar-refractivity contribution in [1.29, 1.82) is 0 Å². The monoisotopic (exact) mass is 193 g/mol. The van der Waals surface area contributed by atoms with Crippen LogP contribution >= 0.6 is 0 Å². The van der Waals surface area contributed by atoms with Crippen molar-refractivity contribution in [1.82, 2.24) is 9.78 Å². The van der Waals surface area contributed by atoms with Gasteiger partial charge in [-0.1, -0.05) is 6.58 Å². The van der Waals surface area contributed by atoms with E-state index in [9.17, 15) is 4.79 Å². The molecule has 0 bridgehead atoms. The van der Waals surface area contributed by atoms with Crippen molar-refractivity contribution in [3.05, 3.63) is 24.4 Å². The van der Waals surface area contributed by atoms with Gasteiger partial charge in [0.05, 0.1) is 5.69 Å². The maximum absolute atomic E-state index is 11.1. The summed E-state index contributed by atoms with van der Waals surface area (Å²) in [4.78, 5) is 11.1. The lowest BCUT2D eigenvalue weighted by molar-refractivity contribution is -0.111. The van der Waals surface area contributed by atoms with Gasteiger partial charge >= 0.3 is 0 Å². The third kappa shape index (κ3) is 2.22. The Balaban J connectivity index is 2.95. The standard InChI is InChI=1S/C10H15N3O/c1-5-10(14)11-9-6-8(4)12-13(9)7(2)3/h5-7H,1H2,2-4H3,(H,11,14).